The van der Waals surface area contributed by atoms with E-state index in [-0.39, 0.29) is 0 Å². The van der Waals surface area contributed by atoms with Gasteiger partial charge in [-0.15, -0.1) is 0 Å². The van der Waals surface area contributed by atoms with Crippen LogP contribution in [-0.4, -0.2) is 16.3 Å². The lowest BCUT2D eigenvalue weighted by atomic mass is 9.34. The number of benzene rings is 2. The van der Waals surface area contributed by atoms with Crippen molar-refractivity contribution in [1.29, 1.82) is 0 Å². The molecule has 0 radical (unpaired) electrons. The number of halogens is 1. The maximum absolute atomic E-state index is 5.30. The first-order valence-electron chi connectivity index (χ1n) is 8.53. The van der Waals surface area contributed by atoms with Crippen molar-refractivity contribution in [1.82, 2.24) is 9.55 Å². The van der Waals surface area contributed by atoms with E-state index in [1.807, 2.05) is 16.8 Å². The topological polar surface area (TPSA) is 17.8 Å². The number of aromatic nitrogens is 2. The lowest BCUT2D eigenvalue weighted by Crippen LogP contribution is -2.44. The van der Waals surface area contributed by atoms with Gasteiger partial charge in [-0.25, -0.2) is 4.98 Å². The zero-order chi connectivity index (χ0) is 17.9. The molecule has 0 saturated heterocycles. The van der Waals surface area contributed by atoms with E-state index in [9.17, 15) is 0 Å². The minimum atomic E-state index is 0.502. The number of hydrogen-bond acceptors (Lipinski definition) is 1. The van der Waals surface area contributed by atoms with Gasteiger partial charge < -0.3 is 4.57 Å². The number of allylic oxidation sites excluding steroid dienone is 1. The van der Waals surface area contributed by atoms with Gasteiger partial charge >= 0.3 is 0 Å². The van der Waals surface area contributed by atoms with Crippen molar-refractivity contribution in [3.63, 3.8) is 0 Å². The van der Waals surface area contributed by atoms with Gasteiger partial charge in [0.25, 0.3) is 0 Å². The minimum absolute atomic E-state index is 0.502. The third-order valence-electron chi connectivity index (χ3n) is 3.95. The van der Waals surface area contributed by atoms with Crippen molar-refractivity contribution in [3.05, 3.63) is 91.0 Å². The zero-order valence-corrected chi connectivity index (χ0v) is 15.6. The molecule has 0 atom stereocenters. The van der Waals surface area contributed by atoms with E-state index in [1.54, 1.807) is 12.5 Å². The Morgan fingerprint density at radius 1 is 1.00 bits per heavy atom. The molecule has 0 aliphatic heterocycles. The highest BCUT2D eigenvalue weighted by atomic mass is 35.5. The summed E-state index contributed by atoms with van der Waals surface area (Å²) in [5, 5.41) is 0. The molecule has 128 valence electrons. The van der Waals surface area contributed by atoms with E-state index in [2.05, 4.69) is 79.5 Å². The predicted molar refractivity (Wildman–Crippen MR) is 110 cm³/mol. The quantitative estimate of drug-likeness (QED) is 0.626. The predicted octanol–water partition coefficient (Wildman–Crippen LogP) is 4.34. The molecule has 1 aromatic heterocycles. The highest BCUT2D eigenvalue weighted by Gasteiger charge is 2.21. The largest absolute Gasteiger partial charge is 0.334 e. The summed E-state index contributed by atoms with van der Waals surface area (Å²) < 4.78 is 1.93. The van der Waals surface area contributed by atoms with E-state index < -0.39 is 0 Å². The normalized spacial score (nSPS) is 10.6. The average Bonchev–Trinajstić information content (AvgIpc) is 3.16. The Hall–Kier alpha value is -2.26. The molecule has 0 unspecified atom stereocenters. The molecule has 4 heteroatoms. The number of rotatable bonds is 5. The van der Waals surface area contributed by atoms with Crippen LogP contribution in [-0.2, 0) is 6.54 Å². The molecule has 1 heterocycles. The molecular formula is C21H24BClN2. The Morgan fingerprint density at radius 2 is 1.56 bits per heavy atom. The van der Waals surface area contributed by atoms with Crippen LogP contribution >= 0.6 is 11.6 Å². The molecule has 0 aliphatic rings. The van der Waals surface area contributed by atoms with Crippen LogP contribution in [0.2, 0.25) is 5.82 Å². The Balaban J connectivity index is 0.000000212. The number of hydrogen-bond donors (Lipinski definition) is 0. The zero-order valence-electron chi connectivity index (χ0n) is 14.8. The van der Waals surface area contributed by atoms with Crippen LogP contribution in [0.5, 0.6) is 0 Å². The molecule has 0 bridgehead atoms. The first-order chi connectivity index (χ1) is 12.2. The van der Waals surface area contributed by atoms with Crippen molar-refractivity contribution in [2.75, 3.05) is 0 Å². The van der Waals surface area contributed by atoms with Crippen LogP contribution < -0.4 is 10.9 Å². The van der Waals surface area contributed by atoms with Crippen LogP contribution in [0.4, 0.5) is 0 Å². The molecule has 0 saturated carbocycles. The Kier molecular flexibility index (Phi) is 8.07. The molecule has 0 spiro atoms. The fourth-order valence-electron chi connectivity index (χ4n) is 2.84. The van der Waals surface area contributed by atoms with Crippen LogP contribution in [0.1, 0.15) is 13.8 Å². The first kappa shape index (κ1) is 19.1. The van der Waals surface area contributed by atoms with Gasteiger partial charge in [0.2, 0.25) is 6.71 Å². The van der Waals surface area contributed by atoms with E-state index in [4.69, 9.17) is 11.6 Å². The Labute approximate surface area is 156 Å². The minimum Gasteiger partial charge on any atom is -0.334 e. The monoisotopic (exact) mass is 350 g/mol. The summed E-state index contributed by atoms with van der Waals surface area (Å²) in [6.45, 7) is 5.86. The summed E-state index contributed by atoms with van der Waals surface area (Å²) in [5.74, 6) is 0.616. The summed E-state index contributed by atoms with van der Waals surface area (Å²) in [4.78, 5) is 3.86. The molecule has 0 aliphatic carbocycles. The van der Waals surface area contributed by atoms with Gasteiger partial charge in [-0.05, 0) is 0 Å². The van der Waals surface area contributed by atoms with Crippen LogP contribution in [0, 0.1) is 0 Å². The lowest BCUT2D eigenvalue weighted by Gasteiger charge is -2.18. The summed E-state index contributed by atoms with van der Waals surface area (Å²) in [6.07, 6.45) is 7.22. The van der Waals surface area contributed by atoms with Gasteiger partial charge in [-0.2, -0.15) is 0 Å². The Bertz CT molecular complexity index is 686. The SMILES string of the molecule is CC(C)B(c1ccccc1)c1ccccc1.ClC=CCn1ccnc1. The summed E-state index contributed by atoms with van der Waals surface area (Å²) in [7, 11) is 0. The molecule has 0 fully saturated rings. The van der Waals surface area contributed by atoms with Crippen molar-refractivity contribution >= 4 is 29.2 Å². The van der Waals surface area contributed by atoms with E-state index in [0.717, 1.165) is 6.54 Å². The maximum atomic E-state index is 5.30. The van der Waals surface area contributed by atoms with Gasteiger partial charge in [-0.1, -0.05) is 109 Å². The average molecular weight is 351 g/mol. The van der Waals surface area contributed by atoms with Crippen LogP contribution in [0.25, 0.3) is 0 Å². The van der Waals surface area contributed by atoms with Crippen molar-refractivity contribution in [3.8, 4) is 0 Å². The van der Waals surface area contributed by atoms with Crippen molar-refractivity contribution in [2.24, 2.45) is 0 Å². The van der Waals surface area contributed by atoms with Gasteiger partial charge in [0.15, 0.2) is 0 Å². The van der Waals surface area contributed by atoms with Gasteiger partial charge in [0.05, 0.1) is 6.33 Å². The standard InChI is InChI=1S/C15H17B.C6H7ClN2/c1-13(2)16(14-9-5-3-6-10-14)15-11-7-4-8-12-15;7-2-1-4-9-5-3-8-6-9/h3-13H,1-2H3;1-3,5-6H,4H2. The Morgan fingerprint density at radius 3 is 1.96 bits per heavy atom. The van der Waals surface area contributed by atoms with E-state index in [1.165, 1.54) is 16.5 Å². The molecule has 2 aromatic carbocycles. The number of nitrogens with zero attached hydrogens (tertiary/aromatic N) is 2. The van der Waals surface area contributed by atoms with E-state index >= 15 is 0 Å². The second kappa shape index (κ2) is 10.6. The third-order valence-corrected chi connectivity index (χ3v) is 4.13. The second-order valence-corrected chi connectivity index (χ2v) is 6.42. The molecule has 2 nitrogen and oxygen atoms in total. The fourth-order valence-corrected chi connectivity index (χ4v) is 2.92. The molecule has 3 rings (SSSR count). The summed E-state index contributed by atoms with van der Waals surface area (Å²) in [5.41, 5.74) is 4.31. The molecule has 0 amide bonds. The van der Waals surface area contributed by atoms with Gasteiger partial charge in [0, 0.05) is 24.5 Å². The molecule has 0 N–H and O–H groups in total. The third kappa shape index (κ3) is 6.28. The van der Waals surface area contributed by atoms with Crippen molar-refractivity contribution < 1.29 is 0 Å². The maximum Gasteiger partial charge on any atom is 0.211 e. The van der Waals surface area contributed by atoms with Crippen LogP contribution in [0.3, 0.4) is 0 Å². The lowest BCUT2D eigenvalue weighted by molar-refractivity contribution is 0.821. The highest BCUT2D eigenvalue weighted by Crippen LogP contribution is 2.08. The van der Waals surface area contributed by atoms with Gasteiger partial charge in [0.1, 0.15) is 0 Å². The van der Waals surface area contributed by atoms with E-state index in [0.29, 0.717) is 12.5 Å². The molecule has 3 aromatic rings. The summed E-state index contributed by atoms with van der Waals surface area (Å²) in [6, 6.07) is 21.5. The van der Waals surface area contributed by atoms with Gasteiger partial charge in [-0.3, -0.25) is 0 Å². The second-order valence-electron chi connectivity index (χ2n) is 6.16. The smallest absolute Gasteiger partial charge is 0.211 e. The van der Waals surface area contributed by atoms with Crippen LogP contribution in [0.15, 0.2) is 91.0 Å². The highest BCUT2D eigenvalue weighted by molar-refractivity contribution is 6.86. The molecule has 25 heavy (non-hydrogen) atoms. The summed E-state index contributed by atoms with van der Waals surface area (Å²) >= 11 is 5.30. The first-order valence-corrected chi connectivity index (χ1v) is 8.97. The number of imidazole rings is 1. The fraction of sp³-hybridized carbons (Fsp3) is 0.190. The molecular weight excluding hydrogens is 327 g/mol. The van der Waals surface area contributed by atoms with Crippen molar-refractivity contribution in [2.45, 2.75) is 26.2 Å².